The zero-order chi connectivity index (χ0) is 24.2. The summed E-state index contributed by atoms with van der Waals surface area (Å²) < 4.78 is 3.69. The van der Waals surface area contributed by atoms with Crippen LogP contribution < -0.4 is 5.69 Å². The van der Waals surface area contributed by atoms with Crippen molar-refractivity contribution >= 4 is 0 Å². The zero-order valence-electron chi connectivity index (χ0n) is 19.8. The molecular weight excluding hydrogens is 438 g/mol. The summed E-state index contributed by atoms with van der Waals surface area (Å²) in [5.41, 5.74) is 6.98. The van der Waals surface area contributed by atoms with Crippen molar-refractivity contribution in [3.05, 3.63) is 100 Å². The number of aryl methyl sites for hydroxylation is 2. The smallest absolute Gasteiger partial charge is 0.292 e. The molecule has 0 fully saturated rings. The van der Waals surface area contributed by atoms with Crippen LogP contribution in [-0.4, -0.2) is 34.7 Å². The molecule has 0 aliphatic heterocycles. The van der Waals surface area contributed by atoms with Crippen LogP contribution in [0.2, 0.25) is 0 Å². The van der Waals surface area contributed by atoms with Gasteiger partial charge >= 0.3 is 5.69 Å². The Balaban J connectivity index is 1.48. The number of hydrogen-bond acceptors (Lipinski definition) is 5. The quantitative estimate of drug-likeness (QED) is 0.366. The highest BCUT2D eigenvalue weighted by Crippen LogP contribution is 2.29. The molecule has 35 heavy (non-hydrogen) atoms. The van der Waals surface area contributed by atoms with E-state index in [0.717, 1.165) is 58.5 Å². The van der Waals surface area contributed by atoms with E-state index in [1.807, 2.05) is 47.2 Å². The van der Waals surface area contributed by atoms with Crippen LogP contribution >= 0.6 is 0 Å². The number of H-pyrrole nitrogens is 1. The van der Waals surface area contributed by atoms with Gasteiger partial charge in [0.1, 0.15) is 0 Å². The molecule has 2 aromatic carbocycles. The summed E-state index contributed by atoms with van der Waals surface area (Å²) in [6.45, 7) is 4.76. The Hall–Kier alpha value is -4.33. The Morgan fingerprint density at radius 3 is 2.54 bits per heavy atom. The number of pyridine rings is 1. The zero-order valence-corrected chi connectivity index (χ0v) is 19.8. The third-order valence-corrected chi connectivity index (χ3v) is 6.21. The average molecular weight is 466 g/mol. The van der Waals surface area contributed by atoms with E-state index in [9.17, 15) is 4.79 Å². The van der Waals surface area contributed by atoms with Gasteiger partial charge < -0.3 is 0 Å². The molecule has 176 valence electrons. The van der Waals surface area contributed by atoms with Crippen molar-refractivity contribution in [1.82, 2.24) is 34.7 Å². The molecule has 0 saturated carbocycles. The van der Waals surface area contributed by atoms with Crippen molar-refractivity contribution in [3.63, 3.8) is 0 Å². The second-order valence-electron chi connectivity index (χ2n) is 8.45. The van der Waals surface area contributed by atoms with Crippen molar-refractivity contribution in [2.24, 2.45) is 0 Å². The maximum absolute atomic E-state index is 13.5. The maximum Gasteiger partial charge on any atom is 0.333 e. The number of hydrogen-bond donors (Lipinski definition) is 1. The fourth-order valence-corrected chi connectivity index (χ4v) is 4.44. The number of rotatable bonds is 8. The van der Waals surface area contributed by atoms with Gasteiger partial charge in [-0.3, -0.25) is 14.1 Å². The Morgan fingerprint density at radius 2 is 1.80 bits per heavy atom. The minimum absolute atomic E-state index is 0.00919. The van der Waals surface area contributed by atoms with Gasteiger partial charge in [0.05, 0.1) is 12.2 Å². The molecule has 3 heterocycles. The van der Waals surface area contributed by atoms with E-state index < -0.39 is 0 Å². The first-order valence-electron chi connectivity index (χ1n) is 11.9. The highest BCUT2D eigenvalue weighted by Gasteiger charge is 2.15. The SMILES string of the molecule is CCCc1cn(-c2ccccc2CC)c(=O)n1Cc1ccc(-c2cnccc2-c2nn[nH]n2)cc1. The number of benzene rings is 2. The molecule has 0 aliphatic rings. The predicted octanol–water partition coefficient (Wildman–Crippen LogP) is 4.44. The predicted molar refractivity (Wildman–Crippen MR) is 135 cm³/mol. The van der Waals surface area contributed by atoms with Gasteiger partial charge in [0, 0.05) is 35.4 Å². The number of tetrazole rings is 1. The molecule has 0 spiro atoms. The Kier molecular flexibility index (Phi) is 6.34. The van der Waals surface area contributed by atoms with E-state index in [1.165, 1.54) is 0 Å². The first-order chi connectivity index (χ1) is 17.2. The van der Waals surface area contributed by atoms with Crippen molar-refractivity contribution in [2.75, 3.05) is 0 Å². The van der Waals surface area contributed by atoms with Gasteiger partial charge in [0.25, 0.3) is 0 Å². The molecule has 0 unspecified atom stereocenters. The molecule has 0 amide bonds. The third-order valence-electron chi connectivity index (χ3n) is 6.21. The molecule has 8 nitrogen and oxygen atoms in total. The first-order valence-corrected chi connectivity index (χ1v) is 11.9. The first kappa shape index (κ1) is 22.5. The van der Waals surface area contributed by atoms with Gasteiger partial charge in [0.15, 0.2) is 0 Å². The summed E-state index contributed by atoms with van der Waals surface area (Å²) in [4.78, 5) is 17.8. The number of aromatic amines is 1. The molecule has 0 aliphatic carbocycles. The normalized spacial score (nSPS) is 11.1. The van der Waals surface area contributed by atoms with E-state index >= 15 is 0 Å². The number of nitrogens with zero attached hydrogens (tertiary/aromatic N) is 6. The van der Waals surface area contributed by atoms with Crippen LogP contribution in [0.15, 0.2) is 78.0 Å². The van der Waals surface area contributed by atoms with Gasteiger partial charge in [-0.2, -0.15) is 5.21 Å². The fourth-order valence-electron chi connectivity index (χ4n) is 4.44. The van der Waals surface area contributed by atoms with Gasteiger partial charge in [-0.15, -0.1) is 10.2 Å². The topological polar surface area (TPSA) is 94.3 Å². The highest BCUT2D eigenvalue weighted by molar-refractivity contribution is 5.79. The molecule has 0 bridgehead atoms. The van der Waals surface area contributed by atoms with E-state index in [4.69, 9.17) is 0 Å². The number of nitrogens with one attached hydrogen (secondary N) is 1. The van der Waals surface area contributed by atoms with Crippen LogP contribution in [0.25, 0.3) is 28.2 Å². The number of aromatic nitrogens is 7. The standard InChI is InChI=1S/C27H27N7O/c1-3-7-22-18-34(25-9-6-5-8-20(25)4-2)27(35)33(22)17-19-10-12-21(13-11-19)24-16-28-15-14-23(24)26-29-31-32-30-26/h5-6,8-16,18H,3-4,7,17H2,1-2H3,(H,29,30,31,32). The summed E-state index contributed by atoms with van der Waals surface area (Å²) in [7, 11) is 0. The highest BCUT2D eigenvalue weighted by atomic mass is 16.1. The lowest BCUT2D eigenvalue weighted by atomic mass is 10.0. The molecule has 1 N–H and O–H groups in total. The Labute approximate surface area is 203 Å². The molecule has 0 atom stereocenters. The van der Waals surface area contributed by atoms with Gasteiger partial charge in [-0.25, -0.2) is 4.79 Å². The summed E-state index contributed by atoms with van der Waals surface area (Å²) in [5, 5.41) is 14.4. The maximum atomic E-state index is 13.5. The fraction of sp³-hybridized carbons (Fsp3) is 0.222. The lowest BCUT2D eigenvalue weighted by Gasteiger charge is -2.10. The molecule has 8 heteroatoms. The Morgan fingerprint density at radius 1 is 0.971 bits per heavy atom. The number of imidazole rings is 1. The summed E-state index contributed by atoms with van der Waals surface area (Å²) in [6.07, 6.45) is 8.21. The van der Waals surface area contributed by atoms with Crippen LogP contribution in [0, 0.1) is 0 Å². The minimum atomic E-state index is -0.00919. The minimum Gasteiger partial charge on any atom is -0.292 e. The summed E-state index contributed by atoms with van der Waals surface area (Å²) >= 11 is 0. The van der Waals surface area contributed by atoms with Crippen LogP contribution in [-0.2, 0) is 19.4 Å². The second-order valence-corrected chi connectivity index (χ2v) is 8.45. The molecule has 3 aromatic heterocycles. The monoisotopic (exact) mass is 465 g/mol. The van der Waals surface area contributed by atoms with E-state index in [-0.39, 0.29) is 5.69 Å². The lowest BCUT2D eigenvalue weighted by Crippen LogP contribution is -2.25. The largest absolute Gasteiger partial charge is 0.333 e. The van der Waals surface area contributed by atoms with Crippen LogP contribution in [0.4, 0.5) is 0 Å². The molecule has 0 saturated heterocycles. The van der Waals surface area contributed by atoms with Crippen molar-refractivity contribution in [1.29, 1.82) is 0 Å². The molecule has 5 aromatic rings. The summed E-state index contributed by atoms with van der Waals surface area (Å²) in [6, 6.07) is 18.2. The van der Waals surface area contributed by atoms with Crippen LogP contribution in [0.3, 0.4) is 0 Å². The average Bonchev–Trinajstić information content (AvgIpc) is 3.54. The summed E-state index contributed by atoms with van der Waals surface area (Å²) in [5.74, 6) is 0.524. The molecular formula is C27H27N7O. The van der Waals surface area contributed by atoms with Gasteiger partial charge in [-0.05, 0) is 46.9 Å². The number of para-hydroxylation sites is 1. The van der Waals surface area contributed by atoms with Crippen molar-refractivity contribution in [2.45, 2.75) is 39.7 Å². The second kappa shape index (κ2) is 9.89. The van der Waals surface area contributed by atoms with E-state index in [1.54, 1.807) is 17.0 Å². The van der Waals surface area contributed by atoms with Crippen LogP contribution in [0.1, 0.15) is 37.1 Å². The van der Waals surface area contributed by atoms with E-state index in [0.29, 0.717) is 12.4 Å². The van der Waals surface area contributed by atoms with Crippen LogP contribution in [0.5, 0.6) is 0 Å². The van der Waals surface area contributed by atoms with Crippen molar-refractivity contribution < 1.29 is 0 Å². The van der Waals surface area contributed by atoms with Gasteiger partial charge in [-0.1, -0.05) is 62.7 Å². The lowest BCUT2D eigenvalue weighted by molar-refractivity contribution is 0.691. The Bertz CT molecular complexity index is 1480. The molecule has 5 rings (SSSR count). The molecule has 0 radical (unpaired) electrons. The van der Waals surface area contributed by atoms with Gasteiger partial charge in [0.2, 0.25) is 5.82 Å². The van der Waals surface area contributed by atoms with Crippen molar-refractivity contribution in [3.8, 4) is 28.2 Å². The van der Waals surface area contributed by atoms with E-state index in [2.05, 4.69) is 57.7 Å². The third kappa shape index (κ3) is 4.42.